The van der Waals surface area contributed by atoms with Crippen molar-refractivity contribution in [2.45, 2.75) is 30.6 Å². The molecular formula is C17H17Cl2NO3S. The minimum atomic E-state index is -3.85. The van der Waals surface area contributed by atoms with E-state index in [9.17, 15) is 8.42 Å². The number of halogens is 2. The normalized spacial score (nSPS) is 14.1. The lowest BCUT2D eigenvalue weighted by Gasteiger charge is -2.20. The predicted octanol–water partition coefficient (Wildman–Crippen LogP) is 4.68. The first-order valence-electron chi connectivity index (χ1n) is 7.58. The summed E-state index contributed by atoms with van der Waals surface area (Å²) in [6, 6.07) is 8.15. The van der Waals surface area contributed by atoms with Crippen LogP contribution in [0, 0.1) is 0 Å². The fourth-order valence-corrected chi connectivity index (χ4v) is 4.55. The summed E-state index contributed by atoms with van der Waals surface area (Å²) in [5.41, 5.74) is 2.45. The highest BCUT2D eigenvalue weighted by molar-refractivity contribution is 7.92. The van der Waals surface area contributed by atoms with Crippen LogP contribution in [0.5, 0.6) is 5.75 Å². The van der Waals surface area contributed by atoms with E-state index in [0.29, 0.717) is 10.8 Å². The Morgan fingerprint density at radius 2 is 1.71 bits per heavy atom. The summed E-state index contributed by atoms with van der Waals surface area (Å²) in [6.07, 6.45) is 3.99. The lowest BCUT2D eigenvalue weighted by atomic mass is 9.92. The Labute approximate surface area is 151 Å². The lowest BCUT2D eigenvalue weighted by molar-refractivity contribution is 0.401. The van der Waals surface area contributed by atoms with Gasteiger partial charge >= 0.3 is 0 Å². The van der Waals surface area contributed by atoms with Gasteiger partial charge in [0.05, 0.1) is 17.8 Å². The van der Waals surface area contributed by atoms with Crippen molar-refractivity contribution in [2.24, 2.45) is 0 Å². The number of fused-ring (bicyclic) bond motifs is 1. The standard InChI is InChI=1S/C17H17Cl2NO3S/c1-23-16-8-11-4-2-3-5-12(11)9-17(16)24(21,22)20-15-10-13(18)6-7-14(15)19/h6-10,20H,2-5H2,1H3. The highest BCUT2D eigenvalue weighted by Gasteiger charge is 2.24. The van der Waals surface area contributed by atoms with E-state index >= 15 is 0 Å². The van der Waals surface area contributed by atoms with Gasteiger partial charge in [0.1, 0.15) is 10.6 Å². The smallest absolute Gasteiger partial charge is 0.265 e. The molecule has 0 bridgehead atoms. The molecule has 0 saturated carbocycles. The number of rotatable bonds is 4. The maximum atomic E-state index is 12.8. The van der Waals surface area contributed by atoms with Gasteiger partial charge in [0.2, 0.25) is 0 Å². The van der Waals surface area contributed by atoms with Gasteiger partial charge in [-0.1, -0.05) is 23.2 Å². The summed E-state index contributed by atoms with van der Waals surface area (Å²) >= 11 is 12.0. The number of aryl methyl sites for hydroxylation is 2. The van der Waals surface area contributed by atoms with Crippen LogP contribution >= 0.6 is 23.2 Å². The summed E-state index contributed by atoms with van der Waals surface area (Å²) < 4.78 is 33.5. The molecule has 128 valence electrons. The first-order chi connectivity index (χ1) is 11.4. The second kappa shape index (κ2) is 6.82. The van der Waals surface area contributed by atoms with Crippen molar-refractivity contribution in [1.82, 2.24) is 0 Å². The third kappa shape index (κ3) is 3.48. The Hall–Kier alpha value is -1.43. The van der Waals surface area contributed by atoms with E-state index in [1.807, 2.05) is 6.07 Å². The Morgan fingerprint density at radius 3 is 2.38 bits per heavy atom. The van der Waals surface area contributed by atoms with E-state index in [-0.39, 0.29) is 15.6 Å². The maximum absolute atomic E-state index is 12.8. The number of anilines is 1. The molecule has 2 aromatic carbocycles. The van der Waals surface area contributed by atoms with Crippen LogP contribution in [0.4, 0.5) is 5.69 Å². The van der Waals surface area contributed by atoms with Gasteiger partial charge in [-0.15, -0.1) is 0 Å². The first-order valence-corrected chi connectivity index (χ1v) is 9.82. The molecule has 1 aliphatic carbocycles. The molecule has 0 heterocycles. The minimum absolute atomic E-state index is 0.113. The van der Waals surface area contributed by atoms with Gasteiger partial charge < -0.3 is 4.74 Å². The largest absolute Gasteiger partial charge is 0.495 e. The number of nitrogens with one attached hydrogen (secondary N) is 1. The topological polar surface area (TPSA) is 55.4 Å². The molecule has 0 unspecified atom stereocenters. The maximum Gasteiger partial charge on any atom is 0.265 e. The number of sulfonamides is 1. The summed E-state index contributed by atoms with van der Waals surface area (Å²) in [6.45, 7) is 0. The molecule has 0 aromatic heterocycles. The van der Waals surface area contributed by atoms with Crippen molar-refractivity contribution in [3.8, 4) is 5.75 Å². The summed E-state index contributed by atoms with van der Waals surface area (Å²) in [7, 11) is -2.38. The van der Waals surface area contributed by atoms with Gasteiger partial charge in [0.25, 0.3) is 10.0 Å². The second-order valence-corrected chi connectivity index (χ2v) is 8.20. The Balaban J connectivity index is 2.04. The van der Waals surface area contributed by atoms with E-state index in [2.05, 4.69) is 4.72 Å². The van der Waals surface area contributed by atoms with Gasteiger partial charge in [-0.2, -0.15) is 0 Å². The van der Waals surface area contributed by atoms with Crippen LogP contribution in [-0.4, -0.2) is 15.5 Å². The van der Waals surface area contributed by atoms with Crippen molar-refractivity contribution >= 4 is 38.9 Å². The zero-order valence-electron chi connectivity index (χ0n) is 13.1. The number of hydrogen-bond donors (Lipinski definition) is 1. The highest BCUT2D eigenvalue weighted by Crippen LogP contribution is 2.34. The average molecular weight is 386 g/mol. The fraction of sp³-hybridized carbons (Fsp3) is 0.294. The highest BCUT2D eigenvalue weighted by atomic mass is 35.5. The number of hydrogen-bond acceptors (Lipinski definition) is 3. The second-order valence-electron chi connectivity index (χ2n) is 5.71. The monoisotopic (exact) mass is 385 g/mol. The van der Waals surface area contributed by atoms with E-state index in [0.717, 1.165) is 36.8 Å². The Kier molecular flexibility index (Phi) is 4.95. The molecule has 3 rings (SSSR count). The molecule has 0 spiro atoms. The van der Waals surface area contributed by atoms with Crippen LogP contribution in [0.3, 0.4) is 0 Å². The summed E-state index contributed by atoms with van der Waals surface area (Å²) in [5, 5.41) is 0.675. The van der Waals surface area contributed by atoms with Crippen LogP contribution < -0.4 is 9.46 Å². The molecule has 0 fully saturated rings. The number of benzene rings is 2. The van der Waals surface area contributed by atoms with Crippen molar-refractivity contribution in [3.63, 3.8) is 0 Å². The molecule has 24 heavy (non-hydrogen) atoms. The zero-order valence-corrected chi connectivity index (χ0v) is 15.4. The molecule has 0 amide bonds. The molecule has 4 nitrogen and oxygen atoms in total. The number of ether oxygens (including phenoxy) is 1. The molecule has 1 aliphatic rings. The molecule has 0 aliphatic heterocycles. The molecule has 0 radical (unpaired) electrons. The fourth-order valence-electron chi connectivity index (χ4n) is 2.89. The van der Waals surface area contributed by atoms with Crippen molar-refractivity contribution < 1.29 is 13.2 Å². The quantitative estimate of drug-likeness (QED) is 0.830. The molecule has 1 N–H and O–H groups in total. The lowest BCUT2D eigenvalue weighted by Crippen LogP contribution is -2.16. The van der Waals surface area contributed by atoms with E-state index < -0.39 is 10.0 Å². The summed E-state index contributed by atoms with van der Waals surface area (Å²) in [4.78, 5) is 0.113. The van der Waals surface area contributed by atoms with Crippen molar-refractivity contribution in [1.29, 1.82) is 0 Å². The van der Waals surface area contributed by atoms with E-state index in [1.54, 1.807) is 18.2 Å². The minimum Gasteiger partial charge on any atom is -0.495 e. The van der Waals surface area contributed by atoms with Gasteiger partial charge in [0.15, 0.2) is 0 Å². The van der Waals surface area contributed by atoms with Crippen molar-refractivity contribution in [2.75, 3.05) is 11.8 Å². The van der Waals surface area contributed by atoms with Crippen LogP contribution in [0.15, 0.2) is 35.2 Å². The molecule has 7 heteroatoms. The van der Waals surface area contributed by atoms with Crippen LogP contribution in [0.1, 0.15) is 24.0 Å². The number of methoxy groups -OCH3 is 1. The first kappa shape index (κ1) is 17.4. The van der Waals surface area contributed by atoms with E-state index in [1.165, 1.54) is 13.2 Å². The third-order valence-electron chi connectivity index (χ3n) is 4.09. The average Bonchev–Trinajstić information content (AvgIpc) is 2.56. The molecule has 0 atom stereocenters. The molecular weight excluding hydrogens is 369 g/mol. The van der Waals surface area contributed by atoms with Crippen LogP contribution in [0.2, 0.25) is 10.0 Å². The van der Waals surface area contributed by atoms with Gasteiger partial charge in [-0.3, -0.25) is 4.72 Å². The van der Waals surface area contributed by atoms with Gasteiger partial charge in [-0.25, -0.2) is 8.42 Å². The summed E-state index contributed by atoms with van der Waals surface area (Å²) in [5.74, 6) is 0.335. The zero-order chi connectivity index (χ0) is 17.3. The van der Waals surface area contributed by atoms with Crippen molar-refractivity contribution in [3.05, 3.63) is 51.5 Å². The third-order valence-corrected chi connectivity index (χ3v) is 6.04. The Morgan fingerprint density at radius 1 is 1.04 bits per heavy atom. The van der Waals surface area contributed by atoms with E-state index in [4.69, 9.17) is 27.9 Å². The molecule has 2 aromatic rings. The van der Waals surface area contributed by atoms with Gasteiger partial charge in [0, 0.05) is 5.02 Å². The van der Waals surface area contributed by atoms with Crippen LogP contribution in [0.25, 0.3) is 0 Å². The van der Waals surface area contributed by atoms with Crippen LogP contribution in [-0.2, 0) is 22.9 Å². The SMILES string of the molecule is COc1cc2c(cc1S(=O)(=O)Nc1cc(Cl)ccc1Cl)CCCC2. The predicted molar refractivity (Wildman–Crippen MR) is 96.9 cm³/mol. The Bertz CT molecular complexity index is 882. The molecule has 0 saturated heterocycles. The van der Waals surface area contributed by atoms with Gasteiger partial charge in [-0.05, 0) is 67.1 Å².